The van der Waals surface area contributed by atoms with E-state index >= 15 is 0 Å². The summed E-state index contributed by atoms with van der Waals surface area (Å²) in [5, 5.41) is 1.61. The average Bonchev–Trinajstić information content (AvgIpc) is 2.45. The molecule has 21 heavy (non-hydrogen) atoms. The van der Waals surface area contributed by atoms with Crippen molar-refractivity contribution in [3.8, 4) is 5.75 Å². The van der Waals surface area contributed by atoms with Crippen molar-refractivity contribution in [2.75, 3.05) is 6.61 Å². The van der Waals surface area contributed by atoms with E-state index in [1.807, 2.05) is 24.3 Å². The van der Waals surface area contributed by atoms with Crippen LogP contribution in [-0.2, 0) is 0 Å². The van der Waals surface area contributed by atoms with E-state index in [4.69, 9.17) is 4.74 Å². The molecule has 3 rings (SSSR count). The Morgan fingerprint density at radius 3 is 3.10 bits per heavy atom. The topological polar surface area (TPSA) is 54.5 Å². The van der Waals surface area contributed by atoms with Crippen LogP contribution in [0.2, 0.25) is 0 Å². The zero-order chi connectivity index (χ0) is 14.7. The number of aromatic amines is 1. The van der Waals surface area contributed by atoms with Crippen LogP contribution in [0.3, 0.4) is 0 Å². The second-order valence-corrected chi connectivity index (χ2v) is 9.59. The smallest absolute Gasteiger partial charge is 0.255 e. The predicted octanol–water partition coefficient (Wildman–Crippen LogP) is 4.20. The maximum atomic E-state index is 11.6. The van der Waals surface area contributed by atoms with E-state index in [-0.39, 0.29) is 5.56 Å². The number of nitrogens with one attached hydrogen (secondary N) is 1. The van der Waals surface area contributed by atoms with Crippen LogP contribution >= 0.6 is 24.9 Å². The first-order chi connectivity index (χ1) is 10.3. The molecule has 110 valence electrons. The van der Waals surface area contributed by atoms with Crippen molar-refractivity contribution in [3.05, 3.63) is 40.8 Å². The fourth-order valence-corrected chi connectivity index (χ4v) is 4.23. The van der Waals surface area contributed by atoms with Crippen LogP contribution in [0.5, 0.6) is 5.75 Å². The normalized spacial score (nSPS) is 22.1. The highest BCUT2D eigenvalue weighted by atomic mass is 32.4. The van der Waals surface area contributed by atoms with Gasteiger partial charge in [-0.1, -0.05) is 0 Å². The highest BCUT2D eigenvalue weighted by Gasteiger charge is 2.28. The molecule has 0 aliphatic heterocycles. The molecule has 2 unspecified atom stereocenters. The molecule has 1 aromatic carbocycles. The number of hydrogen-bond acceptors (Lipinski definition) is 3. The molecule has 4 nitrogen and oxygen atoms in total. The van der Waals surface area contributed by atoms with Crippen molar-refractivity contribution in [3.63, 3.8) is 0 Å². The molecule has 1 heterocycles. The average molecular weight is 338 g/mol. The monoisotopic (exact) mass is 338 g/mol. The summed E-state index contributed by atoms with van der Waals surface area (Å²) >= 11 is 0. The molecule has 7 heteroatoms. The summed E-state index contributed by atoms with van der Waals surface area (Å²) < 4.78 is 10.4. The van der Waals surface area contributed by atoms with Crippen LogP contribution in [-0.4, -0.2) is 17.6 Å². The van der Waals surface area contributed by atoms with Crippen molar-refractivity contribution in [2.24, 2.45) is 10.7 Å². The standard InChI is InChI=1S/C14H17N2O2P3/c17-14-13-2-1-12(7-10(13)3-4-15-14)18-8-9-5-11(6-9)16-20-21-19/h1-4,7,9,11,21H,5-6,8,19H2,(H,15,17). The van der Waals surface area contributed by atoms with E-state index in [0.29, 0.717) is 17.3 Å². The number of H-pyrrole nitrogens is 1. The number of fused-ring (bicyclic) bond motifs is 1. The molecule has 0 radical (unpaired) electrons. The predicted molar refractivity (Wildman–Crippen MR) is 93.9 cm³/mol. The van der Waals surface area contributed by atoms with E-state index in [0.717, 1.165) is 38.5 Å². The lowest BCUT2D eigenvalue weighted by atomic mass is 9.81. The summed E-state index contributed by atoms with van der Waals surface area (Å²) in [6.07, 6.45) is 3.93. The molecular weight excluding hydrogens is 321 g/mol. The molecule has 1 aliphatic rings. The Kier molecular flexibility index (Phi) is 5.01. The number of aromatic nitrogens is 1. The van der Waals surface area contributed by atoms with Crippen LogP contribution in [0.25, 0.3) is 10.8 Å². The van der Waals surface area contributed by atoms with Gasteiger partial charge in [0.05, 0.1) is 12.6 Å². The first-order valence-electron chi connectivity index (χ1n) is 6.86. The minimum atomic E-state index is -0.0588. The van der Waals surface area contributed by atoms with E-state index in [1.54, 1.807) is 6.20 Å². The minimum Gasteiger partial charge on any atom is -0.493 e. The molecule has 1 N–H and O–H groups in total. The van der Waals surface area contributed by atoms with Crippen molar-refractivity contribution in [1.29, 1.82) is 0 Å². The van der Waals surface area contributed by atoms with Gasteiger partial charge in [-0.05, 0) is 56.4 Å². The number of rotatable bonds is 5. The summed E-state index contributed by atoms with van der Waals surface area (Å²) in [7, 11) is 4.73. The lowest BCUT2D eigenvalue weighted by molar-refractivity contribution is 0.162. The van der Waals surface area contributed by atoms with E-state index < -0.39 is 0 Å². The summed E-state index contributed by atoms with van der Waals surface area (Å²) in [6, 6.07) is 8.04. The van der Waals surface area contributed by atoms with Gasteiger partial charge in [0.1, 0.15) is 5.75 Å². The first-order valence-corrected chi connectivity index (χ1v) is 11.4. The van der Waals surface area contributed by atoms with E-state index in [1.165, 1.54) is 8.06 Å². The number of nitrogens with zero attached hydrogens (tertiary/aromatic N) is 1. The summed E-state index contributed by atoms with van der Waals surface area (Å²) in [5.74, 6) is 1.44. The second kappa shape index (κ2) is 6.97. The van der Waals surface area contributed by atoms with Gasteiger partial charge in [-0.3, -0.25) is 9.54 Å². The molecule has 1 fully saturated rings. The van der Waals surface area contributed by atoms with Gasteiger partial charge < -0.3 is 9.72 Å². The van der Waals surface area contributed by atoms with Gasteiger partial charge in [0.15, 0.2) is 0 Å². The third-order valence-corrected chi connectivity index (χ3v) is 6.01. The Morgan fingerprint density at radius 1 is 1.43 bits per heavy atom. The number of hydrogen-bond donors (Lipinski definition) is 1. The molecule has 0 bridgehead atoms. The molecule has 2 aromatic rings. The molecule has 1 aliphatic carbocycles. The van der Waals surface area contributed by atoms with Crippen LogP contribution in [0, 0.1) is 5.92 Å². The second-order valence-electron chi connectivity index (χ2n) is 5.20. The first kappa shape index (κ1) is 15.1. The van der Waals surface area contributed by atoms with Crippen molar-refractivity contribution in [2.45, 2.75) is 18.9 Å². The maximum Gasteiger partial charge on any atom is 0.255 e. The van der Waals surface area contributed by atoms with Crippen LogP contribution < -0.4 is 10.3 Å². The molecule has 0 amide bonds. The quantitative estimate of drug-likeness (QED) is 0.831. The third-order valence-electron chi connectivity index (χ3n) is 3.72. The third kappa shape index (κ3) is 3.69. The maximum absolute atomic E-state index is 11.6. The van der Waals surface area contributed by atoms with Crippen molar-refractivity contribution in [1.82, 2.24) is 4.98 Å². The lowest BCUT2D eigenvalue weighted by Gasteiger charge is -2.31. The minimum absolute atomic E-state index is 0.0588. The van der Waals surface area contributed by atoms with Gasteiger partial charge in [0.2, 0.25) is 0 Å². The fourth-order valence-electron chi connectivity index (χ4n) is 2.52. The van der Waals surface area contributed by atoms with Gasteiger partial charge in [-0.25, -0.2) is 0 Å². The zero-order valence-corrected chi connectivity index (χ0v) is 14.5. The van der Waals surface area contributed by atoms with Gasteiger partial charge in [-0.15, -0.1) is 8.93 Å². The lowest BCUT2D eigenvalue weighted by Crippen LogP contribution is -2.31. The van der Waals surface area contributed by atoms with Crippen molar-refractivity contribution < 1.29 is 4.74 Å². The molecule has 1 saturated carbocycles. The van der Waals surface area contributed by atoms with Gasteiger partial charge in [0.25, 0.3) is 5.56 Å². The largest absolute Gasteiger partial charge is 0.493 e. The van der Waals surface area contributed by atoms with Gasteiger partial charge in [0, 0.05) is 19.6 Å². The molecule has 0 spiro atoms. The molecule has 2 atom stereocenters. The Hall–Kier alpha value is -0.810. The molecular formula is C14H17N2O2P3. The molecule has 1 aromatic heterocycles. The van der Waals surface area contributed by atoms with Gasteiger partial charge >= 0.3 is 0 Å². The Bertz CT molecular complexity index is 711. The fraction of sp³-hybridized carbons (Fsp3) is 0.357. The van der Waals surface area contributed by atoms with E-state index in [9.17, 15) is 4.79 Å². The Morgan fingerprint density at radius 2 is 2.29 bits per heavy atom. The van der Waals surface area contributed by atoms with E-state index in [2.05, 4.69) is 18.7 Å². The highest BCUT2D eigenvalue weighted by Crippen LogP contribution is 2.41. The summed E-state index contributed by atoms with van der Waals surface area (Å²) in [6.45, 7) is 0.737. The van der Waals surface area contributed by atoms with Gasteiger partial charge in [-0.2, -0.15) is 0 Å². The Balaban J connectivity index is 1.57. The zero-order valence-electron chi connectivity index (χ0n) is 11.5. The summed E-state index contributed by atoms with van der Waals surface area (Å²) in [4.78, 5) is 14.3. The molecule has 0 saturated heterocycles. The number of pyridine rings is 1. The number of ether oxygens (including phenoxy) is 1. The van der Waals surface area contributed by atoms with Crippen LogP contribution in [0.1, 0.15) is 12.8 Å². The Labute approximate surface area is 128 Å². The SMILES string of the molecule is O=c1[nH]ccc2cc(OCC3CC(/N=P/PP)C3)ccc12. The summed E-state index contributed by atoms with van der Waals surface area (Å²) in [5.41, 5.74) is -0.0588. The van der Waals surface area contributed by atoms with Crippen LogP contribution in [0.4, 0.5) is 0 Å². The number of benzene rings is 1. The van der Waals surface area contributed by atoms with Crippen molar-refractivity contribution >= 4 is 35.7 Å². The highest BCUT2D eigenvalue weighted by molar-refractivity contribution is 8.36. The van der Waals surface area contributed by atoms with Crippen LogP contribution in [0.15, 0.2) is 40.0 Å².